The van der Waals surface area contributed by atoms with Crippen LogP contribution < -0.4 is 0 Å². The van der Waals surface area contributed by atoms with Gasteiger partial charge in [0.15, 0.2) is 0 Å². The third-order valence-electron chi connectivity index (χ3n) is 1.11. The average Bonchev–Trinajstić information content (AvgIpc) is 2.03. The Labute approximate surface area is 91.5 Å². The number of rotatable bonds is 5. The van der Waals surface area contributed by atoms with E-state index in [4.69, 9.17) is 0 Å². The summed E-state index contributed by atoms with van der Waals surface area (Å²) in [5.41, 5.74) is 0. The SMILES string of the molecule is CCSC(SCC)=C(Br)C(C)O. The van der Waals surface area contributed by atoms with Gasteiger partial charge in [0.05, 0.1) is 10.3 Å². The van der Waals surface area contributed by atoms with E-state index < -0.39 is 6.10 Å². The van der Waals surface area contributed by atoms with Crippen LogP contribution in [-0.2, 0) is 0 Å². The molecule has 0 aromatic rings. The Morgan fingerprint density at radius 2 is 1.75 bits per heavy atom. The lowest BCUT2D eigenvalue weighted by atomic mass is 10.4. The molecule has 4 heteroatoms. The van der Waals surface area contributed by atoms with Gasteiger partial charge in [0.1, 0.15) is 0 Å². The van der Waals surface area contributed by atoms with Crippen LogP contribution in [0.3, 0.4) is 0 Å². The van der Waals surface area contributed by atoms with Crippen LogP contribution in [0, 0.1) is 0 Å². The average molecular weight is 271 g/mol. The minimum absolute atomic E-state index is 0.391. The quantitative estimate of drug-likeness (QED) is 0.827. The highest BCUT2D eigenvalue weighted by molar-refractivity contribution is 9.12. The van der Waals surface area contributed by atoms with Crippen molar-refractivity contribution in [2.45, 2.75) is 26.9 Å². The second-order valence-electron chi connectivity index (χ2n) is 2.18. The van der Waals surface area contributed by atoms with Crippen molar-refractivity contribution in [1.29, 1.82) is 0 Å². The van der Waals surface area contributed by atoms with E-state index in [1.54, 1.807) is 30.4 Å². The molecule has 0 aliphatic heterocycles. The van der Waals surface area contributed by atoms with E-state index in [1.165, 1.54) is 4.24 Å². The Kier molecular flexibility index (Phi) is 7.83. The molecule has 0 aromatic carbocycles. The second kappa shape index (κ2) is 7.30. The molecular formula is C8H15BrOS2. The molecule has 12 heavy (non-hydrogen) atoms. The summed E-state index contributed by atoms with van der Waals surface area (Å²) in [5.74, 6) is 2.09. The third-order valence-corrected chi connectivity index (χ3v) is 4.95. The third kappa shape index (κ3) is 4.80. The minimum Gasteiger partial charge on any atom is -0.388 e. The monoisotopic (exact) mass is 270 g/mol. The molecule has 0 amide bonds. The van der Waals surface area contributed by atoms with Crippen LogP contribution in [0.5, 0.6) is 0 Å². The molecule has 0 radical (unpaired) electrons. The van der Waals surface area contributed by atoms with Crippen LogP contribution in [0.25, 0.3) is 0 Å². The highest BCUT2D eigenvalue weighted by atomic mass is 79.9. The van der Waals surface area contributed by atoms with Crippen LogP contribution in [0.2, 0.25) is 0 Å². The van der Waals surface area contributed by atoms with Crippen molar-refractivity contribution in [1.82, 2.24) is 0 Å². The van der Waals surface area contributed by atoms with E-state index in [0.29, 0.717) is 0 Å². The number of hydrogen-bond donors (Lipinski definition) is 1. The van der Waals surface area contributed by atoms with Crippen LogP contribution >= 0.6 is 39.5 Å². The van der Waals surface area contributed by atoms with Crippen molar-refractivity contribution in [2.75, 3.05) is 11.5 Å². The summed E-state index contributed by atoms with van der Waals surface area (Å²) in [6, 6.07) is 0. The first kappa shape index (κ1) is 12.9. The number of thioether (sulfide) groups is 2. The summed E-state index contributed by atoms with van der Waals surface area (Å²) in [4.78, 5) is 0. The standard InChI is InChI=1S/C8H15BrOS2/c1-4-11-8(12-5-2)7(9)6(3)10/h6,10H,4-5H2,1-3H3. The summed E-state index contributed by atoms with van der Waals surface area (Å²) in [6.45, 7) is 6.00. The van der Waals surface area contributed by atoms with Crippen LogP contribution in [-0.4, -0.2) is 22.7 Å². The molecule has 0 bridgehead atoms. The Bertz CT molecular complexity index is 149. The molecule has 1 unspecified atom stereocenters. The molecule has 1 atom stereocenters. The Morgan fingerprint density at radius 1 is 1.33 bits per heavy atom. The summed E-state index contributed by atoms with van der Waals surface area (Å²) >= 11 is 6.94. The van der Waals surface area contributed by atoms with Gasteiger partial charge in [-0.05, 0) is 18.4 Å². The maximum atomic E-state index is 9.31. The van der Waals surface area contributed by atoms with Gasteiger partial charge in [0.2, 0.25) is 0 Å². The molecule has 0 saturated heterocycles. The summed E-state index contributed by atoms with van der Waals surface area (Å²) in [6.07, 6.45) is -0.391. The normalized spacial score (nSPS) is 12.8. The predicted octanol–water partition coefficient (Wildman–Crippen LogP) is 3.44. The maximum Gasteiger partial charge on any atom is 0.0843 e. The van der Waals surface area contributed by atoms with Gasteiger partial charge in [0, 0.05) is 4.48 Å². The Morgan fingerprint density at radius 3 is 2.00 bits per heavy atom. The lowest BCUT2D eigenvalue weighted by Crippen LogP contribution is -2.00. The van der Waals surface area contributed by atoms with Gasteiger partial charge in [-0.2, -0.15) is 0 Å². The van der Waals surface area contributed by atoms with Crippen LogP contribution in [0.4, 0.5) is 0 Å². The molecule has 0 fully saturated rings. The van der Waals surface area contributed by atoms with E-state index in [-0.39, 0.29) is 0 Å². The lowest BCUT2D eigenvalue weighted by Gasteiger charge is -2.09. The van der Waals surface area contributed by atoms with Gasteiger partial charge in [-0.3, -0.25) is 0 Å². The highest BCUT2D eigenvalue weighted by Crippen LogP contribution is 2.35. The molecule has 1 N–H and O–H groups in total. The topological polar surface area (TPSA) is 20.2 Å². The Hall–Kier alpha value is 0.880. The number of hydrogen-bond acceptors (Lipinski definition) is 3. The molecular weight excluding hydrogens is 256 g/mol. The van der Waals surface area contributed by atoms with Crippen molar-refractivity contribution in [2.24, 2.45) is 0 Å². The van der Waals surface area contributed by atoms with Gasteiger partial charge in [-0.25, -0.2) is 0 Å². The second-order valence-corrected chi connectivity index (χ2v) is 5.84. The first-order chi connectivity index (χ1) is 5.63. The Balaban J connectivity index is 4.32. The summed E-state index contributed by atoms with van der Waals surface area (Å²) < 4.78 is 2.12. The van der Waals surface area contributed by atoms with E-state index in [9.17, 15) is 5.11 Å². The van der Waals surface area contributed by atoms with Crippen molar-refractivity contribution >= 4 is 39.5 Å². The van der Waals surface area contributed by atoms with Gasteiger partial charge in [-0.1, -0.05) is 29.8 Å². The zero-order valence-electron chi connectivity index (χ0n) is 7.63. The first-order valence-corrected chi connectivity index (χ1v) is 6.73. The smallest absolute Gasteiger partial charge is 0.0843 e. The molecule has 1 nitrogen and oxygen atoms in total. The maximum absolute atomic E-state index is 9.31. The fraction of sp³-hybridized carbons (Fsp3) is 0.750. The van der Waals surface area contributed by atoms with Crippen molar-refractivity contribution in [3.05, 3.63) is 8.72 Å². The number of aliphatic hydroxyl groups is 1. The van der Waals surface area contributed by atoms with Gasteiger partial charge in [0.25, 0.3) is 0 Å². The molecule has 0 aromatic heterocycles. The molecule has 0 rings (SSSR count). The zero-order chi connectivity index (χ0) is 9.56. The number of aliphatic hydroxyl groups excluding tert-OH is 1. The molecule has 72 valence electrons. The lowest BCUT2D eigenvalue weighted by molar-refractivity contribution is 0.241. The highest BCUT2D eigenvalue weighted by Gasteiger charge is 2.08. The van der Waals surface area contributed by atoms with E-state index in [1.807, 2.05) is 0 Å². The van der Waals surface area contributed by atoms with Gasteiger partial charge < -0.3 is 5.11 Å². The first-order valence-electron chi connectivity index (χ1n) is 3.96. The zero-order valence-corrected chi connectivity index (χ0v) is 10.9. The molecule has 0 aliphatic rings. The van der Waals surface area contributed by atoms with Gasteiger partial charge in [-0.15, -0.1) is 23.5 Å². The van der Waals surface area contributed by atoms with Crippen LogP contribution in [0.15, 0.2) is 8.72 Å². The van der Waals surface area contributed by atoms with Crippen molar-refractivity contribution < 1.29 is 5.11 Å². The minimum atomic E-state index is -0.391. The molecule has 0 aliphatic carbocycles. The molecule has 0 saturated carbocycles. The summed E-state index contributed by atoms with van der Waals surface area (Å²) in [7, 11) is 0. The van der Waals surface area contributed by atoms with E-state index >= 15 is 0 Å². The number of halogens is 1. The van der Waals surface area contributed by atoms with E-state index in [0.717, 1.165) is 16.0 Å². The molecule has 0 heterocycles. The van der Waals surface area contributed by atoms with E-state index in [2.05, 4.69) is 29.8 Å². The predicted molar refractivity (Wildman–Crippen MR) is 63.9 cm³/mol. The summed E-state index contributed by atoms with van der Waals surface area (Å²) in [5, 5.41) is 9.31. The largest absolute Gasteiger partial charge is 0.388 e. The van der Waals surface area contributed by atoms with Crippen molar-refractivity contribution in [3.63, 3.8) is 0 Å². The van der Waals surface area contributed by atoms with Crippen LogP contribution in [0.1, 0.15) is 20.8 Å². The molecule has 0 spiro atoms. The van der Waals surface area contributed by atoms with Gasteiger partial charge >= 0.3 is 0 Å². The van der Waals surface area contributed by atoms with Crippen molar-refractivity contribution in [3.8, 4) is 0 Å². The fourth-order valence-corrected chi connectivity index (χ4v) is 3.48. The fourth-order valence-electron chi connectivity index (χ4n) is 0.612.